The van der Waals surface area contributed by atoms with Gasteiger partial charge in [0.05, 0.1) is 4.92 Å². The molecule has 0 atom stereocenters. The van der Waals surface area contributed by atoms with E-state index in [2.05, 4.69) is 18.7 Å². The molecule has 2 rings (SSSR count). The smallest absolute Gasteiger partial charge is 0.346 e. The summed E-state index contributed by atoms with van der Waals surface area (Å²) >= 11 is 0. The van der Waals surface area contributed by atoms with Crippen molar-refractivity contribution in [2.45, 2.75) is 38.8 Å². The van der Waals surface area contributed by atoms with Crippen LogP contribution in [0.1, 0.15) is 26.7 Å². The summed E-state index contributed by atoms with van der Waals surface area (Å²) in [4.78, 5) is 12.5. The van der Waals surface area contributed by atoms with Crippen LogP contribution in [0.4, 0.5) is 10.1 Å². The van der Waals surface area contributed by atoms with Gasteiger partial charge in [-0.05, 0) is 38.8 Å². The summed E-state index contributed by atoms with van der Waals surface area (Å²) in [6.45, 7) is 6.06. The number of hydrogen-bond donors (Lipinski definition) is 0. The van der Waals surface area contributed by atoms with Crippen LogP contribution in [0.25, 0.3) is 0 Å². The van der Waals surface area contributed by atoms with Crippen molar-refractivity contribution in [3.63, 3.8) is 0 Å². The quantitative estimate of drug-likeness (QED) is 0.629. The molecule has 5 nitrogen and oxygen atoms in total. The van der Waals surface area contributed by atoms with Crippen molar-refractivity contribution in [3.8, 4) is 5.75 Å². The molecule has 1 aromatic rings. The Morgan fingerprint density at radius 3 is 2.60 bits per heavy atom. The van der Waals surface area contributed by atoms with Crippen molar-refractivity contribution in [2.75, 3.05) is 13.1 Å². The van der Waals surface area contributed by atoms with E-state index in [1.807, 2.05) is 0 Å². The van der Waals surface area contributed by atoms with E-state index >= 15 is 0 Å². The average Bonchev–Trinajstić information content (AvgIpc) is 2.39. The van der Waals surface area contributed by atoms with Gasteiger partial charge in [0.25, 0.3) is 0 Å². The predicted octanol–water partition coefficient (Wildman–Crippen LogP) is 2.99. The highest BCUT2D eigenvalue weighted by atomic mass is 19.1. The van der Waals surface area contributed by atoms with E-state index in [0.717, 1.165) is 32.0 Å². The first-order valence-electron chi connectivity index (χ1n) is 6.82. The Kier molecular flexibility index (Phi) is 4.54. The summed E-state index contributed by atoms with van der Waals surface area (Å²) in [5.41, 5.74) is -0.571. The maximum atomic E-state index is 13.5. The highest BCUT2D eigenvalue weighted by molar-refractivity contribution is 5.47. The van der Waals surface area contributed by atoms with Crippen molar-refractivity contribution in [2.24, 2.45) is 0 Å². The Bertz CT molecular complexity index is 485. The van der Waals surface area contributed by atoms with Crippen LogP contribution < -0.4 is 4.74 Å². The van der Waals surface area contributed by atoms with Crippen LogP contribution >= 0.6 is 0 Å². The molecule has 0 aromatic heterocycles. The third kappa shape index (κ3) is 3.25. The highest BCUT2D eigenvalue weighted by Gasteiger charge is 2.26. The van der Waals surface area contributed by atoms with Gasteiger partial charge in [-0.15, -0.1) is 0 Å². The standard InChI is InChI=1S/C14H19FN2O3/c1-10(2)16-8-6-11(7-9-16)20-13-5-3-4-12(15)14(13)17(18)19/h3-5,10-11H,6-9H2,1-2H3. The van der Waals surface area contributed by atoms with E-state index in [4.69, 9.17) is 4.74 Å². The van der Waals surface area contributed by atoms with E-state index < -0.39 is 16.4 Å². The molecule has 20 heavy (non-hydrogen) atoms. The maximum Gasteiger partial charge on any atom is 0.346 e. The largest absolute Gasteiger partial charge is 0.483 e. The van der Waals surface area contributed by atoms with Crippen LogP contribution in [-0.2, 0) is 0 Å². The Morgan fingerprint density at radius 1 is 1.40 bits per heavy atom. The van der Waals surface area contributed by atoms with Crippen molar-refractivity contribution in [1.29, 1.82) is 0 Å². The summed E-state index contributed by atoms with van der Waals surface area (Å²) in [6, 6.07) is 4.45. The first-order chi connectivity index (χ1) is 9.49. The zero-order chi connectivity index (χ0) is 14.7. The lowest BCUT2D eigenvalue weighted by Crippen LogP contribution is -2.41. The number of hydrogen-bond acceptors (Lipinski definition) is 4. The third-order valence-corrected chi connectivity index (χ3v) is 3.63. The Hall–Kier alpha value is -1.69. The van der Waals surface area contributed by atoms with Crippen LogP contribution in [0.3, 0.4) is 0 Å². The molecule has 0 amide bonds. The predicted molar refractivity (Wildman–Crippen MR) is 73.4 cm³/mol. The first kappa shape index (κ1) is 14.7. The molecule has 0 unspecified atom stereocenters. The second-order valence-electron chi connectivity index (χ2n) is 5.29. The minimum absolute atomic E-state index is 0.0259. The van der Waals surface area contributed by atoms with Gasteiger partial charge in [0.1, 0.15) is 6.10 Å². The second-order valence-corrected chi connectivity index (χ2v) is 5.29. The molecule has 0 aliphatic carbocycles. The summed E-state index contributed by atoms with van der Waals surface area (Å²) in [7, 11) is 0. The summed E-state index contributed by atoms with van der Waals surface area (Å²) in [5.74, 6) is -0.829. The van der Waals surface area contributed by atoms with Crippen LogP contribution in [0.15, 0.2) is 18.2 Å². The Labute approximate surface area is 117 Å². The van der Waals surface area contributed by atoms with Gasteiger partial charge < -0.3 is 9.64 Å². The number of ether oxygens (including phenoxy) is 1. The van der Waals surface area contributed by atoms with E-state index in [0.29, 0.717) is 6.04 Å². The van der Waals surface area contributed by atoms with Crippen LogP contribution in [0.5, 0.6) is 5.75 Å². The monoisotopic (exact) mass is 282 g/mol. The number of nitro groups is 1. The summed E-state index contributed by atoms with van der Waals surface area (Å²) < 4.78 is 19.1. The van der Waals surface area contributed by atoms with Gasteiger partial charge in [-0.25, -0.2) is 0 Å². The molecule has 1 aliphatic rings. The molecule has 1 saturated heterocycles. The van der Waals surface area contributed by atoms with Gasteiger partial charge in [-0.3, -0.25) is 10.1 Å². The Balaban J connectivity index is 2.05. The minimum Gasteiger partial charge on any atom is -0.483 e. The number of rotatable bonds is 4. The SMILES string of the molecule is CC(C)N1CCC(Oc2cccc(F)c2[N+](=O)[O-])CC1. The van der Waals surface area contributed by atoms with Crippen molar-refractivity contribution < 1.29 is 14.1 Å². The molecule has 0 saturated carbocycles. The number of para-hydroxylation sites is 1. The number of likely N-dealkylation sites (tertiary alicyclic amines) is 1. The molecule has 1 heterocycles. The van der Waals surface area contributed by atoms with Crippen molar-refractivity contribution in [1.82, 2.24) is 4.90 Å². The molecule has 6 heteroatoms. The molecule has 0 spiro atoms. The first-order valence-corrected chi connectivity index (χ1v) is 6.82. The van der Waals surface area contributed by atoms with Crippen LogP contribution in [0, 0.1) is 15.9 Å². The zero-order valence-electron chi connectivity index (χ0n) is 11.7. The molecule has 1 aromatic carbocycles. The number of nitrogens with zero attached hydrogens (tertiary/aromatic N) is 2. The van der Waals surface area contributed by atoms with E-state index in [9.17, 15) is 14.5 Å². The van der Waals surface area contributed by atoms with Crippen molar-refractivity contribution >= 4 is 5.69 Å². The van der Waals surface area contributed by atoms with Gasteiger partial charge in [0, 0.05) is 19.1 Å². The number of benzene rings is 1. The van der Waals surface area contributed by atoms with E-state index in [1.54, 1.807) is 0 Å². The molecular formula is C14H19FN2O3. The Morgan fingerprint density at radius 2 is 2.05 bits per heavy atom. The molecular weight excluding hydrogens is 263 g/mol. The van der Waals surface area contributed by atoms with Gasteiger partial charge in [0.15, 0.2) is 0 Å². The molecule has 1 aliphatic heterocycles. The van der Waals surface area contributed by atoms with E-state index in [-0.39, 0.29) is 11.9 Å². The maximum absolute atomic E-state index is 13.5. The van der Waals surface area contributed by atoms with Crippen molar-refractivity contribution in [3.05, 3.63) is 34.1 Å². The van der Waals surface area contributed by atoms with Gasteiger partial charge in [0.2, 0.25) is 11.6 Å². The third-order valence-electron chi connectivity index (χ3n) is 3.63. The summed E-state index contributed by atoms with van der Waals surface area (Å²) in [6.07, 6.45) is 1.50. The lowest BCUT2D eigenvalue weighted by atomic mass is 10.1. The number of piperidine rings is 1. The van der Waals surface area contributed by atoms with Gasteiger partial charge in [-0.1, -0.05) is 6.07 Å². The van der Waals surface area contributed by atoms with Gasteiger partial charge in [-0.2, -0.15) is 4.39 Å². The van der Waals surface area contributed by atoms with Gasteiger partial charge >= 0.3 is 5.69 Å². The molecule has 0 radical (unpaired) electrons. The molecule has 0 N–H and O–H groups in total. The average molecular weight is 282 g/mol. The highest BCUT2D eigenvalue weighted by Crippen LogP contribution is 2.31. The summed E-state index contributed by atoms with van der Waals surface area (Å²) in [5, 5.41) is 10.9. The van der Waals surface area contributed by atoms with E-state index in [1.165, 1.54) is 12.1 Å². The lowest BCUT2D eigenvalue weighted by Gasteiger charge is -2.34. The normalized spacial score (nSPS) is 17.4. The lowest BCUT2D eigenvalue weighted by molar-refractivity contribution is -0.388. The zero-order valence-corrected chi connectivity index (χ0v) is 11.7. The molecule has 1 fully saturated rings. The van der Waals surface area contributed by atoms with Crippen LogP contribution in [-0.4, -0.2) is 35.1 Å². The number of nitro benzene ring substituents is 1. The number of halogens is 1. The minimum atomic E-state index is -0.855. The topological polar surface area (TPSA) is 55.6 Å². The molecule has 110 valence electrons. The fraction of sp³-hybridized carbons (Fsp3) is 0.571. The fourth-order valence-electron chi connectivity index (χ4n) is 2.46. The van der Waals surface area contributed by atoms with Crippen LogP contribution in [0.2, 0.25) is 0 Å². The second kappa shape index (κ2) is 6.17. The molecule has 0 bridgehead atoms. The fourth-order valence-corrected chi connectivity index (χ4v) is 2.46.